The van der Waals surface area contributed by atoms with Gasteiger partial charge in [0.25, 0.3) is 5.92 Å². The van der Waals surface area contributed by atoms with Gasteiger partial charge in [-0.15, -0.1) is 0 Å². The molecule has 106 valence electrons. The van der Waals surface area contributed by atoms with Gasteiger partial charge < -0.3 is 9.47 Å². The molecule has 3 heterocycles. The molecule has 1 saturated heterocycles. The summed E-state index contributed by atoms with van der Waals surface area (Å²) in [4.78, 5) is 14.9. The first-order valence-electron chi connectivity index (χ1n) is 6.94. The van der Waals surface area contributed by atoms with E-state index < -0.39 is 5.92 Å². The highest BCUT2D eigenvalue weighted by molar-refractivity contribution is 5.83. The maximum Gasteiger partial charge on any atom is 0.251 e. The molecule has 0 aromatic carbocycles. The van der Waals surface area contributed by atoms with Crippen LogP contribution in [0.3, 0.4) is 0 Å². The largest absolute Gasteiger partial charge is 0.354 e. The van der Waals surface area contributed by atoms with Crippen LogP contribution in [0.25, 0.3) is 11.2 Å². The van der Waals surface area contributed by atoms with Crippen LogP contribution in [-0.2, 0) is 0 Å². The molecule has 5 nitrogen and oxygen atoms in total. The predicted molar refractivity (Wildman–Crippen MR) is 70.0 cm³/mol. The highest BCUT2D eigenvalue weighted by Crippen LogP contribution is 2.38. The number of aromatic nitrogens is 4. The molecule has 0 N–H and O–H groups in total. The second kappa shape index (κ2) is 4.10. The summed E-state index contributed by atoms with van der Waals surface area (Å²) in [5.41, 5.74) is 1.54. The first kappa shape index (κ1) is 12.0. The molecule has 7 heteroatoms. The fourth-order valence-corrected chi connectivity index (χ4v) is 2.74. The summed E-state index contributed by atoms with van der Waals surface area (Å²) >= 11 is 0. The molecule has 1 saturated carbocycles. The normalized spacial score (nSPS) is 22.4. The Labute approximate surface area is 114 Å². The van der Waals surface area contributed by atoms with Crippen molar-refractivity contribution in [2.75, 3.05) is 18.0 Å². The molecular weight excluding hydrogens is 264 g/mol. The van der Waals surface area contributed by atoms with Gasteiger partial charge in [0.2, 0.25) is 0 Å². The van der Waals surface area contributed by atoms with Gasteiger partial charge in [0.1, 0.15) is 6.33 Å². The van der Waals surface area contributed by atoms with Crippen LogP contribution in [0.5, 0.6) is 0 Å². The van der Waals surface area contributed by atoms with E-state index in [9.17, 15) is 8.78 Å². The van der Waals surface area contributed by atoms with Crippen molar-refractivity contribution in [1.29, 1.82) is 0 Å². The zero-order valence-corrected chi connectivity index (χ0v) is 11.0. The number of nitrogens with zero attached hydrogens (tertiary/aromatic N) is 5. The summed E-state index contributed by atoms with van der Waals surface area (Å²) in [5, 5.41) is 0. The van der Waals surface area contributed by atoms with Crippen molar-refractivity contribution in [2.45, 2.75) is 37.6 Å². The highest BCUT2D eigenvalue weighted by Gasteiger charge is 2.35. The van der Waals surface area contributed by atoms with E-state index >= 15 is 0 Å². The van der Waals surface area contributed by atoms with Crippen molar-refractivity contribution < 1.29 is 8.78 Å². The minimum absolute atomic E-state index is 0.123. The van der Waals surface area contributed by atoms with Gasteiger partial charge in [-0.25, -0.2) is 23.7 Å². The van der Waals surface area contributed by atoms with Gasteiger partial charge in [0.15, 0.2) is 17.0 Å². The number of fused-ring (bicyclic) bond motifs is 1. The molecule has 0 spiro atoms. The summed E-state index contributed by atoms with van der Waals surface area (Å²) in [5.74, 6) is -1.86. The van der Waals surface area contributed by atoms with Crippen LogP contribution in [0.1, 0.15) is 31.7 Å². The molecule has 0 bridgehead atoms. The lowest BCUT2D eigenvalue weighted by atomic mass is 10.1. The molecule has 2 aromatic rings. The van der Waals surface area contributed by atoms with E-state index in [1.165, 1.54) is 6.33 Å². The molecule has 2 aliphatic rings. The van der Waals surface area contributed by atoms with Crippen LogP contribution in [0.15, 0.2) is 12.7 Å². The monoisotopic (exact) mass is 279 g/mol. The van der Waals surface area contributed by atoms with Crippen molar-refractivity contribution in [3.8, 4) is 0 Å². The summed E-state index contributed by atoms with van der Waals surface area (Å²) < 4.78 is 28.6. The fourth-order valence-electron chi connectivity index (χ4n) is 2.74. The van der Waals surface area contributed by atoms with Crippen LogP contribution < -0.4 is 4.90 Å². The molecular formula is C13H15F2N5. The van der Waals surface area contributed by atoms with E-state index in [-0.39, 0.29) is 12.8 Å². The highest BCUT2D eigenvalue weighted by atomic mass is 19.3. The molecule has 2 aromatic heterocycles. The van der Waals surface area contributed by atoms with Crippen LogP contribution in [0.4, 0.5) is 14.6 Å². The van der Waals surface area contributed by atoms with Gasteiger partial charge in [0, 0.05) is 32.0 Å². The van der Waals surface area contributed by atoms with Gasteiger partial charge in [-0.05, 0) is 12.8 Å². The molecule has 0 amide bonds. The lowest BCUT2D eigenvalue weighted by Crippen LogP contribution is -2.39. The van der Waals surface area contributed by atoms with Crippen LogP contribution in [0.2, 0.25) is 0 Å². The molecule has 0 unspecified atom stereocenters. The molecule has 0 atom stereocenters. The maximum atomic E-state index is 13.2. The van der Waals surface area contributed by atoms with E-state index in [1.807, 2.05) is 4.90 Å². The average Bonchev–Trinajstić information content (AvgIpc) is 3.18. The van der Waals surface area contributed by atoms with E-state index in [0.29, 0.717) is 24.9 Å². The Kier molecular flexibility index (Phi) is 2.46. The topological polar surface area (TPSA) is 46.8 Å². The number of hydrogen-bond donors (Lipinski definition) is 0. The molecule has 0 radical (unpaired) electrons. The minimum atomic E-state index is -2.55. The number of hydrogen-bond acceptors (Lipinski definition) is 4. The second-order valence-corrected chi connectivity index (χ2v) is 5.60. The first-order chi connectivity index (χ1) is 9.64. The van der Waals surface area contributed by atoms with E-state index in [0.717, 1.165) is 24.0 Å². The lowest BCUT2D eigenvalue weighted by Gasteiger charge is -2.32. The summed E-state index contributed by atoms with van der Waals surface area (Å²) in [6.07, 6.45) is 5.36. The zero-order valence-electron chi connectivity index (χ0n) is 11.0. The number of alkyl halides is 2. The van der Waals surface area contributed by atoms with Crippen molar-refractivity contribution in [3.05, 3.63) is 12.7 Å². The Balaban J connectivity index is 1.70. The van der Waals surface area contributed by atoms with Gasteiger partial charge in [-0.2, -0.15) is 0 Å². The van der Waals surface area contributed by atoms with Crippen molar-refractivity contribution in [3.63, 3.8) is 0 Å². The molecule has 2 fully saturated rings. The zero-order chi connectivity index (χ0) is 13.7. The summed E-state index contributed by atoms with van der Waals surface area (Å²) in [6, 6.07) is 0.494. The van der Waals surface area contributed by atoms with E-state index in [4.69, 9.17) is 0 Å². The van der Waals surface area contributed by atoms with E-state index in [2.05, 4.69) is 19.5 Å². The average molecular weight is 279 g/mol. The van der Waals surface area contributed by atoms with Gasteiger partial charge >= 0.3 is 0 Å². The smallest absolute Gasteiger partial charge is 0.251 e. The van der Waals surface area contributed by atoms with E-state index in [1.54, 1.807) is 6.33 Å². The third-order valence-corrected chi connectivity index (χ3v) is 4.07. The van der Waals surface area contributed by atoms with Gasteiger partial charge in [-0.1, -0.05) is 0 Å². The number of imidazole rings is 1. The first-order valence-corrected chi connectivity index (χ1v) is 6.94. The van der Waals surface area contributed by atoms with Crippen LogP contribution >= 0.6 is 0 Å². The third-order valence-electron chi connectivity index (χ3n) is 4.07. The Morgan fingerprint density at radius 2 is 1.85 bits per heavy atom. The predicted octanol–water partition coefficient (Wildman–Crippen LogP) is 2.40. The number of piperidine rings is 1. The Morgan fingerprint density at radius 1 is 1.10 bits per heavy atom. The minimum Gasteiger partial charge on any atom is -0.354 e. The second-order valence-electron chi connectivity index (χ2n) is 5.60. The Bertz CT molecular complexity index is 639. The number of anilines is 1. The van der Waals surface area contributed by atoms with Crippen molar-refractivity contribution in [2.24, 2.45) is 0 Å². The molecule has 4 rings (SSSR count). The van der Waals surface area contributed by atoms with Gasteiger partial charge in [-0.3, -0.25) is 0 Å². The maximum absolute atomic E-state index is 13.2. The van der Waals surface area contributed by atoms with Crippen LogP contribution in [-0.4, -0.2) is 38.5 Å². The lowest BCUT2D eigenvalue weighted by molar-refractivity contribution is -0.0221. The fraction of sp³-hybridized carbons (Fsp3) is 0.615. The molecule has 20 heavy (non-hydrogen) atoms. The quantitative estimate of drug-likeness (QED) is 0.847. The Morgan fingerprint density at radius 3 is 2.55 bits per heavy atom. The SMILES string of the molecule is FC1(F)CCN(c2ncnc3c2ncn3C2CC2)CC1. The Hall–Kier alpha value is -1.79. The van der Waals surface area contributed by atoms with Crippen molar-refractivity contribution in [1.82, 2.24) is 19.5 Å². The van der Waals surface area contributed by atoms with Gasteiger partial charge in [0.05, 0.1) is 6.33 Å². The number of rotatable bonds is 2. The van der Waals surface area contributed by atoms with Crippen LogP contribution in [0, 0.1) is 0 Å². The molecule has 1 aliphatic carbocycles. The molecule has 1 aliphatic heterocycles. The standard InChI is InChI=1S/C13H15F2N5/c14-13(15)3-5-19(6-4-13)11-10-12(17-7-16-11)20(8-18-10)9-1-2-9/h7-9H,1-6H2. The summed E-state index contributed by atoms with van der Waals surface area (Å²) in [7, 11) is 0. The van der Waals surface area contributed by atoms with Crippen molar-refractivity contribution >= 4 is 17.0 Å². The number of halogens is 2. The summed E-state index contributed by atoms with van der Waals surface area (Å²) in [6.45, 7) is 0.630. The third kappa shape index (κ3) is 1.92.